The molecule has 20 heavy (non-hydrogen) atoms. The van der Waals surface area contributed by atoms with E-state index in [0.29, 0.717) is 25.6 Å². The van der Waals surface area contributed by atoms with Crippen LogP contribution < -0.4 is 5.32 Å². The number of nitrogens with zero attached hydrogens (tertiary/aromatic N) is 2. The monoisotopic (exact) mass is 281 g/mol. The molecule has 1 spiro atoms. The molecule has 3 heterocycles. The number of likely N-dealkylation sites (tertiary alicyclic amines) is 1. The predicted octanol–water partition coefficient (Wildman–Crippen LogP) is 0.572. The van der Waals surface area contributed by atoms with Gasteiger partial charge in [-0.3, -0.25) is 9.69 Å². The number of nitrogens with one attached hydrogen (secondary N) is 1. The lowest BCUT2D eigenvalue weighted by Crippen LogP contribution is -2.57. The molecule has 0 bridgehead atoms. The summed E-state index contributed by atoms with van der Waals surface area (Å²) in [5.41, 5.74) is -0.907. The Morgan fingerprint density at radius 3 is 2.75 bits per heavy atom. The number of likely N-dealkylation sites (N-methyl/N-ethyl adjacent to an activating group) is 1. The molecule has 3 saturated heterocycles. The van der Waals surface area contributed by atoms with Crippen LogP contribution >= 0.6 is 0 Å². The van der Waals surface area contributed by atoms with Crippen LogP contribution in [0.25, 0.3) is 0 Å². The Hall–Kier alpha value is -1.14. The first-order chi connectivity index (χ1) is 9.66. The molecule has 0 saturated carbocycles. The molecule has 0 aromatic rings. The number of amides is 2. The van der Waals surface area contributed by atoms with Gasteiger partial charge in [-0.1, -0.05) is 0 Å². The lowest BCUT2D eigenvalue weighted by atomic mass is 9.89. The number of piperidine rings is 2. The molecule has 2 amide bonds. The van der Waals surface area contributed by atoms with E-state index < -0.39 is 11.7 Å². The summed E-state index contributed by atoms with van der Waals surface area (Å²) in [6.45, 7) is 5.84. The number of imide groups is 1. The standard InChI is InChI=1S/C14H23N3O3/c1-2-17-12(18)14(20-13(17)19)6-3-9-16(10-14)11-4-7-15-8-5-11/h11,15H,2-10H2,1H3. The van der Waals surface area contributed by atoms with Crippen LogP contribution in [0.4, 0.5) is 4.79 Å². The van der Waals surface area contributed by atoms with E-state index in [0.717, 1.165) is 38.9 Å². The van der Waals surface area contributed by atoms with Crippen molar-refractivity contribution < 1.29 is 14.3 Å². The Labute approximate surface area is 119 Å². The topological polar surface area (TPSA) is 61.9 Å². The molecule has 1 unspecified atom stereocenters. The first kappa shape index (κ1) is 13.8. The van der Waals surface area contributed by atoms with Gasteiger partial charge >= 0.3 is 6.09 Å². The summed E-state index contributed by atoms with van der Waals surface area (Å²) in [5, 5.41) is 3.36. The molecular formula is C14H23N3O3. The summed E-state index contributed by atoms with van der Waals surface area (Å²) in [4.78, 5) is 27.9. The number of rotatable bonds is 2. The van der Waals surface area contributed by atoms with E-state index in [9.17, 15) is 9.59 Å². The molecule has 3 fully saturated rings. The summed E-state index contributed by atoms with van der Waals surface area (Å²) in [7, 11) is 0. The molecule has 1 atom stereocenters. The number of carbonyl (C=O) groups excluding carboxylic acids is 2. The van der Waals surface area contributed by atoms with Crippen LogP contribution in [0.3, 0.4) is 0 Å². The van der Waals surface area contributed by atoms with Gasteiger partial charge in [-0.25, -0.2) is 9.69 Å². The lowest BCUT2D eigenvalue weighted by Gasteiger charge is -2.42. The number of carbonyl (C=O) groups is 2. The third-order valence-electron chi connectivity index (χ3n) is 4.76. The van der Waals surface area contributed by atoms with Crippen molar-refractivity contribution in [2.45, 2.75) is 44.2 Å². The second-order valence-corrected chi connectivity index (χ2v) is 5.97. The highest BCUT2D eigenvalue weighted by Gasteiger charge is 2.55. The van der Waals surface area contributed by atoms with Gasteiger partial charge in [0.25, 0.3) is 5.91 Å². The Bertz CT molecular complexity index is 408. The van der Waals surface area contributed by atoms with Crippen molar-refractivity contribution >= 4 is 12.0 Å². The van der Waals surface area contributed by atoms with Crippen molar-refractivity contribution in [1.29, 1.82) is 0 Å². The van der Waals surface area contributed by atoms with Crippen molar-refractivity contribution in [2.24, 2.45) is 0 Å². The maximum absolute atomic E-state index is 12.5. The SMILES string of the molecule is CCN1C(=O)OC2(CCCN(C3CCNCC3)C2)C1=O. The van der Waals surface area contributed by atoms with Crippen LogP contribution in [-0.2, 0) is 9.53 Å². The van der Waals surface area contributed by atoms with Gasteiger partial charge in [-0.15, -0.1) is 0 Å². The Kier molecular flexibility index (Phi) is 3.69. The largest absolute Gasteiger partial charge is 0.431 e. The highest BCUT2D eigenvalue weighted by atomic mass is 16.6. The second kappa shape index (κ2) is 5.33. The van der Waals surface area contributed by atoms with E-state index in [1.54, 1.807) is 0 Å². The maximum atomic E-state index is 12.5. The molecule has 0 aromatic carbocycles. The Morgan fingerprint density at radius 1 is 1.35 bits per heavy atom. The zero-order valence-corrected chi connectivity index (χ0v) is 12.1. The molecule has 3 aliphatic rings. The molecule has 112 valence electrons. The van der Waals surface area contributed by atoms with Crippen molar-refractivity contribution in [1.82, 2.24) is 15.1 Å². The minimum absolute atomic E-state index is 0.136. The van der Waals surface area contributed by atoms with Gasteiger partial charge in [0.1, 0.15) is 0 Å². The lowest BCUT2D eigenvalue weighted by molar-refractivity contribution is -0.142. The van der Waals surface area contributed by atoms with Gasteiger partial charge in [-0.05, 0) is 52.2 Å². The molecule has 1 N–H and O–H groups in total. The summed E-state index contributed by atoms with van der Waals surface area (Å²) < 4.78 is 5.51. The highest BCUT2D eigenvalue weighted by Crippen LogP contribution is 2.34. The van der Waals surface area contributed by atoms with E-state index in [4.69, 9.17) is 4.74 Å². The average molecular weight is 281 g/mol. The molecule has 6 nitrogen and oxygen atoms in total. The average Bonchev–Trinajstić information content (AvgIpc) is 2.70. The van der Waals surface area contributed by atoms with E-state index in [1.165, 1.54) is 4.90 Å². The number of hydrogen-bond donors (Lipinski definition) is 1. The van der Waals surface area contributed by atoms with Crippen LogP contribution in [0, 0.1) is 0 Å². The third-order valence-corrected chi connectivity index (χ3v) is 4.76. The smallest absolute Gasteiger partial charge is 0.417 e. The molecule has 0 aliphatic carbocycles. The number of ether oxygens (including phenoxy) is 1. The minimum Gasteiger partial charge on any atom is -0.431 e. The van der Waals surface area contributed by atoms with Gasteiger partial charge in [-0.2, -0.15) is 0 Å². The van der Waals surface area contributed by atoms with Crippen LogP contribution in [0.2, 0.25) is 0 Å². The normalized spacial score (nSPS) is 33.0. The minimum atomic E-state index is -0.907. The van der Waals surface area contributed by atoms with E-state index in [2.05, 4.69) is 10.2 Å². The fraction of sp³-hybridized carbons (Fsp3) is 0.857. The van der Waals surface area contributed by atoms with Gasteiger partial charge in [0.2, 0.25) is 5.60 Å². The van der Waals surface area contributed by atoms with Crippen molar-refractivity contribution in [2.75, 3.05) is 32.7 Å². The molecule has 3 aliphatic heterocycles. The van der Waals surface area contributed by atoms with E-state index in [-0.39, 0.29) is 5.91 Å². The van der Waals surface area contributed by atoms with Crippen molar-refractivity contribution in [3.05, 3.63) is 0 Å². The first-order valence-corrected chi connectivity index (χ1v) is 7.66. The summed E-state index contributed by atoms with van der Waals surface area (Å²) >= 11 is 0. The molecule has 3 rings (SSSR count). The number of hydrogen-bond acceptors (Lipinski definition) is 5. The quantitative estimate of drug-likeness (QED) is 0.802. The predicted molar refractivity (Wildman–Crippen MR) is 73.3 cm³/mol. The van der Waals surface area contributed by atoms with Crippen molar-refractivity contribution in [3.63, 3.8) is 0 Å². The zero-order valence-electron chi connectivity index (χ0n) is 12.1. The fourth-order valence-corrected chi connectivity index (χ4v) is 3.66. The van der Waals surface area contributed by atoms with Crippen LogP contribution in [0.1, 0.15) is 32.6 Å². The summed E-state index contributed by atoms with van der Waals surface area (Å²) in [5.74, 6) is -0.136. The van der Waals surface area contributed by atoms with Crippen LogP contribution in [0.5, 0.6) is 0 Å². The zero-order chi connectivity index (χ0) is 14.2. The molecular weight excluding hydrogens is 258 g/mol. The van der Waals surface area contributed by atoms with E-state index in [1.807, 2.05) is 6.92 Å². The van der Waals surface area contributed by atoms with Gasteiger partial charge in [0, 0.05) is 19.1 Å². The Balaban J connectivity index is 1.74. The highest BCUT2D eigenvalue weighted by molar-refractivity contribution is 6.03. The van der Waals surface area contributed by atoms with Gasteiger partial charge < -0.3 is 10.1 Å². The summed E-state index contributed by atoms with van der Waals surface area (Å²) in [6.07, 6.45) is 3.33. The second-order valence-electron chi connectivity index (χ2n) is 5.97. The van der Waals surface area contributed by atoms with Crippen LogP contribution in [-0.4, -0.2) is 66.2 Å². The van der Waals surface area contributed by atoms with Gasteiger partial charge in [0.15, 0.2) is 0 Å². The van der Waals surface area contributed by atoms with Crippen molar-refractivity contribution in [3.8, 4) is 0 Å². The maximum Gasteiger partial charge on any atom is 0.417 e. The molecule has 6 heteroatoms. The van der Waals surface area contributed by atoms with Crippen LogP contribution in [0.15, 0.2) is 0 Å². The molecule has 0 radical (unpaired) electrons. The van der Waals surface area contributed by atoms with Gasteiger partial charge in [0.05, 0.1) is 0 Å². The first-order valence-electron chi connectivity index (χ1n) is 7.66. The molecule has 0 aromatic heterocycles. The van der Waals surface area contributed by atoms with E-state index >= 15 is 0 Å². The Morgan fingerprint density at radius 2 is 2.10 bits per heavy atom. The fourth-order valence-electron chi connectivity index (χ4n) is 3.66. The third kappa shape index (κ3) is 2.20. The summed E-state index contributed by atoms with van der Waals surface area (Å²) in [6, 6.07) is 0.510.